The first-order valence-corrected chi connectivity index (χ1v) is 12.3. The molecule has 2 amide bonds. The van der Waals surface area contributed by atoms with E-state index < -0.39 is 5.97 Å². The number of hydrogen-bond acceptors (Lipinski definition) is 6. The van der Waals surface area contributed by atoms with Gasteiger partial charge in [-0.3, -0.25) is 19.4 Å². The first-order chi connectivity index (χ1) is 17.4. The number of nitrogens with zero attached hydrogens (tertiary/aromatic N) is 2. The van der Waals surface area contributed by atoms with E-state index in [4.69, 9.17) is 9.84 Å². The molecule has 2 fully saturated rings. The minimum Gasteiger partial charge on any atom is -0.497 e. The largest absolute Gasteiger partial charge is 0.497 e. The van der Waals surface area contributed by atoms with Crippen molar-refractivity contribution in [3.05, 3.63) is 65.2 Å². The Hall–Kier alpha value is -3.43. The Morgan fingerprint density at radius 2 is 1.81 bits per heavy atom. The van der Waals surface area contributed by atoms with Gasteiger partial charge < -0.3 is 20.5 Å². The number of carbonyl (C=O) groups is 3. The second-order valence-electron chi connectivity index (χ2n) is 9.50. The molecule has 0 unspecified atom stereocenters. The van der Waals surface area contributed by atoms with Crippen LogP contribution >= 0.6 is 0 Å². The first kappa shape index (κ1) is 25.7. The van der Waals surface area contributed by atoms with E-state index >= 15 is 0 Å². The molecule has 2 aliphatic rings. The normalized spacial score (nSPS) is 22.4. The lowest BCUT2D eigenvalue weighted by Gasteiger charge is -2.33. The number of amides is 2. The van der Waals surface area contributed by atoms with E-state index in [1.54, 1.807) is 19.2 Å². The molecule has 9 nitrogen and oxygen atoms in total. The van der Waals surface area contributed by atoms with Crippen molar-refractivity contribution in [2.45, 2.75) is 50.5 Å². The summed E-state index contributed by atoms with van der Waals surface area (Å²) in [4.78, 5) is 41.1. The van der Waals surface area contributed by atoms with Gasteiger partial charge in [-0.25, -0.2) is 4.79 Å². The molecule has 0 saturated carbocycles. The number of methoxy groups -OCH3 is 1. The first-order valence-electron chi connectivity index (χ1n) is 12.3. The van der Waals surface area contributed by atoms with Gasteiger partial charge in [-0.15, -0.1) is 0 Å². The van der Waals surface area contributed by atoms with Crippen molar-refractivity contribution in [3.63, 3.8) is 0 Å². The van der Waals surface area contributed by atoms with E-state index in [9.17, 15) is 14.4 Å². The Kier molecular flexibility index (Phi) is 8.22. The molecule has 4 rings (SSSR count). The van der Waals surface area contributed by atoms with Crippen LogP contribution in [0.4, 0.5) is 0 Å². The van der Waals surface area contributed by atoms with Crippen LogP contribution in [-0.4, -0.2) is 78.1 Å². The number of aromatic carboxylic acids is 1. The van der Waals surface area contributed by atoms with Crippen molar-refractivity contribution in [3.8, 4) is 5.75 Å². The average Bonchev–Trinajstić information content (AvgIpc) is 3.26. The van der Waals surface area contributed by atoms with Crippen molar-refractivity contribution in [1.29, 1.82) is 0 Å². The lowest BCUT2D eigenvalue weighted by Crippen LogP contribution is -2.49. The van der Waals surface area contributed by atoms with Gasteiger partial charge in [-0.2, -0.15) is 0 Å². The molecule has 36 heavy (non-hydrogen) atoms. The molecule has 192 valence electrons. The topological polar surface area (TPSA) is 111 Å². The molecule has 9 heteroatoms. The Bertz CT molecular complexity index is 1070. The lowest BCUT2D eigenvalue weighted by molar-refractivity contribution is -0.126. The zero-order valence-electron chi connectivity index (χ0n) is 20.8. The Balaban J connectivity index is 1.30. The van der Waals surface area contributed by atoms with E-state index in [0.29, 0.717) is 32.5 Å². The number of hydrogen-bond donors (Lipinski definition) is 3. The minimum atomic E-state index is -0.951. The lowest BCUT2D eigenvalue weighted by atomic mass is 10.0. The number of rotatable bonds is 9. The maximum atomic E-state index is 13.0. The van der Waals surface area contributed by atoms with Crippen LogP contribution in [0.5, 0.6) is 5.75 Å². The summed E-state index contributed by atoms with van der Waals surface area (Å²) in [6.45, 7) is 2.34. The summed E-state index contributed by atoms with van der Waals surface area (Å²) < 4.78 is 5.16. The number of ether oxygens (including phenoxy) is 1. The molecule has 2 heterocycles. The summed E-state index contributed by atoms with van der Waals surface area (Å²) >= 11 is 0. The molecule has 0 aromatic heterocycles. The third-order valence-corrected chi connectivity index (χ3v) is 7.29. The van der Waals surface area contributed by atoms with Crippen LogP contribution < -0.4 is 15.4 Å². The van der Waals surface area contributed by atoms with E-state index in [-0.39, 0.29) is 35.5 Å². The predicted molar refractivity (Wildman–Crippen MR) is 135 cm³/mol. The fourth-order valence-electron chi connectivity index (χ4n) is 5.14. The number of carboxylic acid groups (broad SMARTS) is 1. The third-order valence-electron chi connectivity index (χ3n) is 7.29. The maximum absolute atomic E-state index is 13.0. The van der Waals surface area contributed by atoms with Crippen LogP contribution in [0.1, 0.15) is 40.7 Å². The summed E-state index contributed by atoms with van der Waals surface area (Å²) in [6.07, 6.45) is 1.91. The van der Waals surface area contributed by atoms with Gasteiger partial charge in [0.15, 0.2) is 0 Å². The van der Waals surface area contributed by atoms with Crippen molar-refractivity contribution in [2.24, 2.45) is 0 Å². The summed E-state index contributed by atoms with van der Waals surface area (Å²) in [7, 11) is 3.67. The van der Waals surface area contributed by atoms with Crippen molar-refractivity contribution in [2.75, 3.05) is 27.2 Å². The molecule has 0 spiro atoms. The second-order valence-corrected chi connectivity index (χ2v) is 9.50. The highest BCUT2D eigenvalue weighted by molar-refractivity contribution is 5.87. The van der Waals surface area contributed by atoms with Crippen LogP contribution in [0.3, 0.4) is 0 Å². The molecule has 2 aromatic rings. The van der Waals surface area contributed by atoms with Crippen LogP contribution in [0.15, 0.2) is 48.5 Å². The Labute approximate surface area is 211 Å². The van der Waals surface area contributed by atoms with Gasteiger partial charge in [0.1, 0.15) is 11.8 Å². The van der Waals surface area contributed by atoms with Gasteiger partial charge in [0.25, 0.3) is 0 Å². The monoisotopic (exact) mass is 494 g/mol. The predicted octanol–water partition coefficient (Wildman–Crippen LogP) is 1.86. The number of benzene rings is 2. The van der Waals surface area contributed by atoms with Gasteiger partial charge in [-0.05, 0) is 55.3 Å². The highest BCUT2D eigenvalue weighted by Gasteiger charge is 2.44. The van der Waals surface area contributed by atoms with E-state index in [2.05, 4.69) is 20.4 Å². The summed E-state index contributed by atoms with van der Waals surface area (Å²) in [6, 6.07) is 14.3. The third kappa shape index (κ3) is 6.03. The Morgan fingerprint density at radius 3 is 2.47 bits per heavy atom. The van der Waals surface area contributed by atoms with E-state index in [1.165, 1.54) is 0 Å². The van der Waals surface area contributed by atoms with Crippen LogP contribution in [0, 0.1) is 0 Å². The molecular weight excluding hydrogens is 460 g/mol. The number of likely N-dealkylation sites (tertiary alicyclic amines) is 1. The number of carbonyl (C=O) groups excluding carboxylic acids is 2. The summed E-state index contributed by atoms with van der Waals surface area (Å²) in [5.74, 6) is -0.168. The molecule has 2 aliphatic heterocycles. The second kappa shape index (κ2) is 11.5. The number of fused-ring (bicyclic) bond motifs is 1. The van der Waals surface area contributed by atoms with Gasteiger partial charge in [0.2, 0.25) is 11.8 Å². The van der Waals surface area contributed by atoms with Gasteiger partial charge in [0, 0.05) is 44.7 Å². The fourth-order valence-corrected chi connectivity index (χ4v) is 5.14. The molecule has 3 atom stereocenters. The van der Waals surface area contributed by atoms with Crippen molar-refractivity contribution < 1.29 is 24.2 Å². The summed E-state index contributed by atoms with van der Waals surface area (Å²) in [5.41, 5.74) is 2.24. The molecule has 2 saturated heterocycles. The van der Waals surface area contributed by atoms with Crippen molar-refractivity contribution in [1.82, 2.24) is 20.4 Å². The van der Waals surface area contributed by atoms with Gasteiger partial charge >= 0.3 is 5.97 Å². The smallest absolute Gasteiger partial charge is 0.335 e. The van der Waals surface area contributed by atoms with Crippen LogP contribution in [0.2, 0.25) is 0 Å². The zero-order valence-corrected chi connectivity index (χ0v) is 20.8. The standard InChI is InChI=1S/C27H34N4O5/c1-30-21(9-12-24(32)28-15-18-5-10-22(36-2)11-6-18)16-29-26(33)25-23(30)13-14-31(25)17-19-3-7-20(8-4-19)27(34)35/h3-8,10-11,21,23,25H,9,12-17H2,1-2H3,(H,28,32)(H,29,33)(H,34,35)/t21-,23+,25-/m0/s1. The molecule has 2 aromatic carbocycles. The quantitative estimate of drug-likeness (QED) is 0.488. The highest BCUT2D eigenvalue weighted by Crippen LogP contribution is 2.28. The average molecular weight is 495 g/mol. The van der Waals surface area contributed by atoms with Gasteiger partial charge in [-0.1, -0.05) is 24.3 Å². The van der Waals surface area contributed by atoms with Gasteiger partial charge in [0.05, 0.1) is 12.7 Å². The maximum Gasteiger partial charge on any atom is 0.335 e. The zero-order chi connectivity index (χ0) is 25.7. The molecule has 0 bridgehead atoms. The van der Waals surface area contributed by atoms with Crippen LogP contribution in [0.25, 0.3) is 0 Å². The number of carboxylic acids is 1. The SMILES string of the molecule is COc1ccc(CNC(=O)CC[C@H]2CNC(=O)[C@@H]3[C@@H](CCN3Cc3ccc(C(=O)O)cc3)N2C)cc1. The molecular formula is C27H34N4O5. The minimum absolute atomic E-state index is 0.0100. The van der Waals surface area contributed by atoms with Crippen LogP contribution in [-0.2, 0) is 22.7 Å². The fraction of sp³-hybridized carbons (Fsp3) is 0.444. The molecule has 3 N–H and O–H groups in total. The molecule has 0 radical (unpaired) electrons. The summed E-state index contributed by atoms with van der Waals surface area (Å²) in [5, 5.41) is 15.2. The van der Waals surface area contributed by atoms with E-state index in [0.717, 1.165) is 29.8 Å². The molecule has 0 aliphatic carbocycles. The van der Waals surface area contributed by atoms with Crippen molar-refractivity contribution >= 4 is 17.8 Å². The van der Waals surface area contributed by atoms with E-state index in [1.807, 2.05) is 43.4 Å². The highest BCUT2D eigenvalue weighted by atomic mass is 16.5. The number of nitrogens with one attached hydrogen (secondary N) is 2. The number of likely N-dealkylation sites (N-methyl/N-ethyl adjacent to an activating group) is 1. The Morgan fingerprint density at radius 1 is 1.11 bits per heavy atom.